The Morgan fingerprint density at radius 3 is 2.68 bits per heavy atom. The number of hydrogen-bond acceptors (Lipinski definition) is 4. The molecule has 0 saturated heterocycles. The van der Waals surface area contributed by atoms with Crippen molar-refractivity contribution in [1.29, 1.82) is 5.26 Å². The van der Waals surface area contributed by atoms with Crippen molar-refractivity contribution in [2.45, 2.75) is 0 Å². The summed E-state index contributed by atoms with van der Waals surface area (Å²) in [5, 5.41) is 12.5. The molecule has 6 heteroatoms. The molecule has 0 aliphatic rings. The normalized spacial score (nSPS) is 10.2. The number of nitriles is 1. The van der Waals surface area contributed by atoms with Crippen LogP contribution >= 0.6 is 15.9 Å². The van der Waals surface area contributed by atoms with Crippen LogP contribution in [0, 0.1) is 11.3 Å². The third-order valence-corrected chi connectivity index (χ3v) is 3.37. The molecule has 0 aromatic heterocycles. The van der Waals surface area contributed by atoms with Gasteiger partial charge in [0.2, 0.25) is 0 Å². The van der Waals surface area contributed by atoms with E-state index < -0.39 is 0 Å². The number of carbonyl (C=O) groups excluding carboxylic acids is 1. The van der Waals surface area contributed by atoms with Crippen LogP contribution in [0.1, 0.15) is 11.1 Å². The second-order valence-corrected chi connectivity index (χ2v) is 5.09. The van der Waals surface area contributed by atoms with Crippen LogP contribution in [0.5, 0.6) is 5.75 Å². The Morgan fingerprint density at radius 2 is 2.00 bits per heavy atom. The van der Waals surface area contributed by atoms with Crippen LogP contribution in [0.3, 0.4) is 0 Å². The maximum absolute atomic E-state index is 11.6. The molecule has 0 fully saturated rings. The lowest BCUT2D eigenvalue weighted by atomic mass is 10.2. The highest BCUT2D eigenvalue weighted by Crippen LogP contribution is 2.13. The first-order valence-electron chi connectivity index (χ1n) is 6.38. The summed E-state index contributed by atoms with van der Waals surface area (Å²) < 4.78 is 6.18. The Morgan fingerprint density at radius 1 is 1.27 bits per heavy atom. The van der Waals surface area contributed by atoms with Gasteiger partial charge in [-0.25, -0.2) is 5.43 Å². The molecule has 0 aliphatic heterocycles. The molecule has 2 rings (SSSR count). The fourth-order valence-corrected chi connectivity index (χ4v) is 1.95. The predicted molar refractivity (Wildman–Crippen MR) is 86.5 cm³/mol. The van der Waals surface area contributed by atoms with Crippen molar-refractivity contribution >= 4 is 28.1 Å². The fraction of sp³-hybridized carbons (Fsp3) is 0.0625. The molecule has 0 atom stereocenters. The molecule has 0 unspecified atom stereocenters. The first-order chi connectivity index (χ1) is 10.7. The molecule has 0 bridgehead atoms. The SMILES string of the molecule is N#Cc1ccc(OCC(=O)N/N=C/c2ccccc2Br)cc1. The van der Waals surface area contributed by atoms with E-state index in [9.17, 15) is 4.79 Å². The summed E-state index contributed by atoms with van der Waals surface area (Å²) in [5.41, 5.74) is 3.78. The van der Waals surface area contributed by atoms with Gasteiger partial charge in [-0.05, 0) is 30.3 Å². The Hall–Kier alpha value is -2.65. The molecule has 1 amide bonds. The first-order valence-corrected chi connectivity index (χ1v) is 7.18. The van der Waals surface area contributed by atoms with Gasteiger partial charge in [0.15, 0.2) is 6.61 Å². The van der Waals surface area contributed by atoms with Gasteiger partial charge in [0, 0.05) is 10.0 Å². The number of benzene rings is 2. The standard InChI is InChI=1S/C16H12BrN3O2/c17-15-4-2-1-3-13(15)10-19-20-16(21)11-22-14-7-5-12(9-18)6-8-14/h1-8,10H,11H2,(H,20,21)/b19-10+. The molecular weight excluding hydrogens is 346 g/mol. The van der Waals surface area contributed by atoms with Crippen LogP contribution in [0.25, 0.3) is 0 Å². The summed E-state index contributed by atoms with van der Waals surface area (Å²) in [7, 11) is 0. The maximum atomic E-state index is 11.6. The van der Waals surface area contributed by atoms with Gasteiger partial charge in [-0.3, -0.25) is 4.79 Å². The zero-order valence-electron chi connectivity index (χ0n) is 11.5. The van der Waals surface area contributed by atoms with Gasteiger partial charge >= 0.3 is 0 Å². The Bertz CT molecular complexity index is 721. The van der Waals surface area contributed by atoms with Crippen LogP contribution in [-0.2, 0) is 4.79 Å². The minimum Gasteiger partial charge on any atom is -0.484 e. The molecule has 110 valence electrons. The summed E-state index contributed by atoms with van der Waals surface area (Å²) in [5.74, 6) is 0.150. The van der Waals surface area contributed by atoms with E-state index in [0.717, 1.165) is 10.0 Å². The number of nitrogens with zero attached hydrogens (tertiary/aromatic N) is 2. The second kappa shape index (κ2) is 7.96. The van der Waals surface area contributed by atoms with Crippen molar-refractivity contribution in [3.05, 3.63) is 64.1 Å². The number of hydrogen-bond donors (Lipinski definition) is 1. The van der Waals surface area contributed by atoms with Crippen LogP contribution < -0.4 is 10.2 Å². The molecule has 2 aromatic rings. The highest BCUT2D eigenvalue weighted by molar-refractivity contribution is 9.10. The maximum Gasteiger partial charge on any atom is 0.277 e. The van der Waals surface area contributed by atoms with Gasteiger partial charge in [0.1, 0.15) is 5.75 Å². The predicted octanol–water partition coefficient (Wildman–Crippen LogP) is 2.85. The third kappa shape index (κ3) is 4.72. The molecule has 5 nitrogen and oxygen atoms in total. The molecular formula is C16H12BrN3O2. The summed E-state index contributed by atoms with van der Waals surface area (Å²) in [6, 6.07) is 16.1. The third-order valence-electron chi connectivity index (χ3n) is 2.65. The van der Waals surface area contributed by atoms with E-state index >= 15 is 0 Å². The number of amides is 1. The number of ether oxygens (including phenoxy) is 1. The lowest BCUT2D eigenvalue weighted by Crippen LogP contribution is -2.24. The van der Waals surface area contributed by atoms with Crippen molar-refractivity contribution in [2.24, 2.45) is 5.10 Å². The monoisotopic (exact) mass is 357 g/mol. The lowest BCUT2D eigenvalue weighted by Gasteiger charge is -2.04. The smallest absolute Gasteiger partial charge is 0.277 e. The van der Waals surface area contributed by atoms with Crippen LogP contribution in [0.4, 0.5) is 0 Å². The highest BCUT2D eigenvalue weighted by atomic mass is 79.9. The lowest BCUT2D eigenvalue weighted by molar-refractivity contribution is -0.123. The van der Waals surface area contributed by atoms with Gasteiger partial charge in [-0.15, -0.1) is 0 Å². The first kappa shape index (κ1) is 15.7. The molecule has 0 spiro atoms. The summed E-state index contributed by atoms with van der Waals surface area (Å²) in [6.07, 6.45) is 1.55. The van der Waals surface area contributed by atoms with Gasteiger partial charge in [0.05, 0.1) is 17.8 Å². The van der Waals surface area contributed by atoms with Gasteiger partial charge in [-0.1, -0.05) is 34.1 Å². The van der Waals surface area contributed by atoms with E-state index in [1.165, 1.54) is 0 Å². The minimum atomic E-state index is -0.368. The van der Waals surface area contributed by atoms with E-state index in [4.69, 9.17) is 10.00 Å². The number of halogens is 1. The van der Waals surface area contributed by atoms with Crippen LogP contribution in [0.15, 0.2) is 58.1 Å². The van der Waals surface area contributed by atoms with Crippen molar-refractivity contribution < 1.29 is 9.53 Å². The van der Waals surface area contributed by atoms with Crippen LogP contribution in [0.2, 0.25) is 0 Å². The van der Waals surface area contributed by atoms with Crippen LogP contribution in [-0.4, -0.2) is 18.7 Å². The van der Waals surface area contributed by atoms with Crippen molar-refractivity contribution in [1.82, 2.24) is 5.43 Å². The molecule has 0 heterocycles. The molecule has 22 heavy (non-hydrogen) atoms. The zero-order valence-corrected chi connectivity index (χ0v) is 13.1. The number of carbonyl (C=O) groups is 1. The molecule has 0 radical (unpaired) electrons. The van der Waals surface area contributed by atoms with Crippen molar-refractivity contribution in [3.8, 4) is 11.8 Å². The fourth-order valence-electron chi connectivity index (χ4n) is 1.56. The molecule has 1 N–H and O–H groups in total. The number of rotatable bonds is 5. The molecule has 0 saturated carbocycles. The van der Waals surface area contributed by atoms with E-state index in [0.29, 0.717) is 11.3 Å². The summed E-state index contributed by atoms with van der Waals surface area (Å²) in [4.78, 5) is 11.6. The Labute approximate surface area is 136 Å². The van der Waals surface area contributed by atoms with Gasteiger partial charge < -0.3 is 4.74 Å². The topological polar surface area (TPSA) is 74.5 Å². The van der Waals surface area contributed by atoms with E-state index in [2.05, 4.69) is 26.5 Å². The zero-order chi connectivity index (χ0) is 15.8. The summed E-state index contributed by atoms with van der Waals surface area (Å²) >= 11 is 3.38. The van der Waals surface area contributed by atoms with Crippen molar-refractivity contribution in [2.75, 3.05) is 6.61 Å². The van der Waals surface area contributed by atoms with Crippen molar-refractivity contribution in [3.63, 3.8) is 0 Å². The highest BCUT2D eigenvalue weighted by Gasteiger charge is 2.01. The second-order valence-electron chi connectivity index (χ2n) is 4.24. The van der Waals surface area contributed by atoms with E-state index in [1.807, 2.05) is 30.3 Å². The number of hydrazone groups is 1. The van der Waals surface area contributed by atoms with Gasteiger partial charge in [0.25, 0.3) is 5.91 Å². The average molecular weight is 358 g/mol. The number of nitrogens with one attached hydrogen (secondary N) is 1. The molecule has 2 aromatic carbocycles. The minimum absolute atomic E-state index is 0.154. The molecule has 0 aliphatic carbocycles. The quantitative estimate of drug-likeness (QED) is 0.660. The summed E-state index contributed by atoms with van der Waals surface area (Å²) in [6.45, 7) is -0.154. The van der Waals surface area contributed by atoms with E-state index in [1.54, 1.807) is 30.5 Å². The van der Waals surface area contributed by atoms with E-state index in [-0.39, 0.29) is 12.5 Å². The van der Waals surface area contributed by atoms with Gasteiger partial charge in [-0.2, -0.15) is 10.4 Å². The largest absolute Gasteiger partial charge is 0.484 e. The average Bonchev–Trinajstić information content (AvgIpc) is 2.55. The Balaban J connectivity index is 1.80. The Kier molecular flexibility index (Phi) is 5.69.